The van der Waals surface area contributed by atoms with Crippen LogP contribution in [0.3, 0.4) is 0 Å². The number of amides is 1. The maximum absolute atomic E-state index is 13.0. The molecule has 5 nitrogen and oxygen atoms in total. The SMILES string of the molecule is CC1Cc2ccccc2N1C(=O)c1cccc(S(=O)(=O)NC2CC2)c1. The number of hydrogen-bond acceptors (Lipinski definition) is 3. The van der Waals surface area contributed by atoms with Crippen molar-refractivity contribution in [2.45, 2.75) is 43.2 Å². The van der Waals surface area contributed by atoms with Crippen LogP contribution in [0.2, 0.25) is 0 Å². The van der Waals surface area contributed by atoms with Gasteiger partial charge in [0.15, 0.2) is 0 Å². The number of nitrogens with zero attached hydrogens (tertiary/aromatic N) is 1. The average molecular weight is 356 g/mol. The van der Waals surface area contributed by atoms with Gasteiger partial charge in [0.05, 0.1) is 4.90 Å². The molecule has 1 aliphatic carbocycles. The summed E-state index contributed by atoms with van der Waals surface area (Å²) >= 11 is 0. The van der Waals surface area contributed by atoms with Gasteiger partial charge in [-0.1, -0.05) is 24.3 Å². The number of anilines is 1. The van der Waals surface area contributed by atoms with Crippen LogP contribution in [-0.2, 0) is 16.4 Å². The molecule has 2 aliphatic rings. The molecule has 2 aromatic carbocycles. The molecule has 0 aromatic heterocycles. The lowest BCUT2D eigenvalue weighted by Crippen LogP contribution is -2.36. The van der Waals surface area contributed by atoms with Crippen LogP contribution in [0.4, 0.5) is 5.69 Å². The van der Waals surface area contributed by atoms with Crippen LogP contribution in [0.15, 0.2) is 53.4 Å². The molecule has 2 aromatic rings. The second-order valence-corrected chi connectivity index (χ2v) is 8.49. The number of fused-ring (bicyclic) bond motifs is 1. The van der Waals surface area contributed by atoms with Crippen LogP contribution in [0.5, 0.6) is 0 Å². The minimum atomic E-state index is -3.57. The van der Waals surface area contributed by atoms with Gasteiger partial charge < -0.3 is 4.90 Å². The normalized spacial score (nSPS) is 19.7. The largest absolute Gasteiger partial charge is 0.305 e. The molecule has 1 saturated carbocycles. The number of carbonyl (C=O) groups is 1. The molecule has 1 N–H and O–H groups in total. The first-order valence-corrected chi connectivity index (χ1v) is 9.98. The number of benzene rings is 2. The Bertz CT molecular complexity index is 935. The van der Waals surface area contributed by atoms with E-state index in [-0.39, 0.29) is 22.9 Å². The van der Waals surface area contributed by atoms with Crippen LogP contribution in [0, 0.1) is 0 Å². The smallest absolute Gasteiger partial charge is 0.258 e. The Morgan fingerprint density at radius 2 is 1.88 bits per heavy atom. The summed E-state index contributed by atoms with van der Waals surface area (Å²) in [6.45, 7) is 2.01. The Morgan fingerprint density at radius 1 is 1.12 bits per heavy atom. The quantitative estimate of drug-likeness (QED) is 0.916. The van der Waals surface area contributed by atoms with Gasteiger partial charge >= 0.3 is 0 Å². The van der Waals surface area contributed by atoms with E-state index in [4.69, 9.17) is 0 Å². The number of rotatable bonds is 4. The molecule has 1 amide bonds. The first kappa shape index (κ1) is 16.3. The Morgan fingerprint density at radius 3 is 2.64 bits per heavy atom. The monoisotopic (exact) mass is 356 g/mol. The Kier molecular flexibility index (Phi) is 3.89. The van der Waals surface area contributed by atoms with Crippen LogP contribution >= 0.6 is 0 Å². The Balaban J connectivity index is 1.66. The van der Waals surface area contributed by atoms with E-state index in [9.17, 15) is 13.2 Å². The van der Waals surface area contributed by atoms with Crippen molar-refractivity contribution in [3.63, 3.8) is 0 Å². The molecule has 1 aliphatic heterocycles. The van der Waals surface area contributed by atoms with Gasteiger partial charge in [-0.2, -0.15) is 0 Å². The minimum absolute atomic E-state index is 0.0369. The van der Waals surface area contributed by atoms with Crippen LogP contribution in [0.1, 0.15) is 35.7 Å². The van der Waals surface area contributed by atoms with Gasteiger partial charge in [0.2, 0.25) is 10.0 Å². The van der Waals surface area contributed by atoms with E-state index in [0.29, 0.717) is 5.56 Å². The molecule has 0 bridgehead atoms. The summed E-state index contributed by atoms with van der Waals surface area (Å²) in [6.07, 6.45) is 2.56. The molecule has 1 fully saturated rings. The molecule has 1 atom stereocenters. The van der Waals surface area contributed by atoms with Gasteiger partial charge in [0, 0.05) is 23.3 Å². The first-order chi connectivity index (χ1) is 12.0. The number of sulfonamides is 1. The molecule has 6 heteroatoms. The van der Waals surface area contributed by atoms with Crippen molar-refractivity contribution in [3.05, 3.63) is 59.7 Å². The lowest BCUT2D eigenvalue weighted by atomic mass is 10.1. The predicted molar refractivity (Wildman–Crippen MR) is 96.2 cm³/mol. The van der Waals surface area contributed by atoms with E-state index in [2.05, 4.69) is 4.72 Å². The highest BCUT2D eigenvalue weighted by atomic mass is 32.2. The zero-order valence-corrected chi connectivity index (χ0v) is 14.8. The second-order valence-electron chi connectivity index (χ2n) is 6.78. The standard InChI is InChI=1S/C19H20N2O3S/c1-13-11-14-5-2-3-8-18(14)21(13)19(22)15-6-4-7-17(12-15)25(23,24)20-16-9-10-16/h2-8,12-13,16,20H,9-11H2,1H3. The van der Waals surface area contributed by atoms with Crippen LogP contribution in [0.25, 0.3) is 0 Å². The van der Waals surface area contributed by atoms with Crippen molar-refractivity contribution in [1.82, 2.24) is 4.72 Å². The van der Waals surface area contributed by atoms with E-state index in [1.807, 2.05) is 31.2 Å². The molecule has 4 rings (SSSR count). The summed E-state index contributed by atoms with van der Waals surface area (Å²) < 4.78 is 27.5. The lowest BCUT2D eigenvalue weighted by Gasteiger charge is -2.23. The van der Waals surface area contributed by atoms with E-state index < -0.39 is 10.0 Å². The molecule has 0 saturated heterocycles. The summed E-state index contributed by atoms with van der Waals surface area (Å²) in [5, 5.41) is 0. The van der Waals surface area contributed by atoms with Crippen molar-refractivity contribution in [2.75, 3.05) is 4.90 Å². The number of hydrogen-bond donors (Lipinski definition) is 1. The van der Waals surface area contributed by atoms with Crippen molar-refractivity contribution in [2.24, 2.45) is 0 Å². The van der Waals surface area contributed by atoms with Crippen molar-refractivity contribution in [3.8, 4) is 0 Å². The molecular formula is C19H20N2O3S. The highest BCUT2D eigenvalue weighted by molar-refractivity contribution is 7.89. The van der Waals surface area contributed by atoms with Gasteiger partial charge in [0.1, 0.15) is 0 Å². The molecular weight excluding hydrogens is 336 g/mol. The molecule has 130 valence electrons. The van der Waals surface area contributed by atoms with Gasteiger partial charge in [-0.15, -0.1) is 0 Å². The third kappa shape index (κ3) is 3.07. The van der Waals surface area contributed by atoms with Gasteiger partial charge in [-0.25, -0.2) is 13.1 Å². The Hall–Kier alpha value is -2.18. The van der Waals surface area contributed by atoms with Gasteiger partial charge in [-0.3, -0.25) is 4.79 Å². The summed E-state index contributed by atoms with van der Waals surface area (Å²) in [7, 11) is -3.57. The topological polar surface area (TPSA) is 66.5 Å². The van der Waals surface area contributed by atoms with Gasteiger partial charge in [0.25, 0.3) is 5.91 Å². The number of carbonyl (C=O) groups excluding carboxylic acids is 1. The zero-order chi connectivity index (χ0) is 17.6. The third-order valence-electron chi connectivity index (χ3n) is 4.72. The minimum Gasteiger partial charge on any atom is -0.305 e. The van der Waals surface area contributed by atoms with E-state index in [1.165, 1.54) is 12.1 Å². The zero-order valence-electron chi connectivity index (χ0n) is 14.0. The Labute approximate surface area is 147 Å². The fourth-order valence-corrected chi connectivity index (χ4v) is 4.65. The van der Waals surface area contributed by atoms with E-state index in [1.54, 1.807) is 17.0 Å². The highest BCUT2D eigenvalue weighted by Crippen LogP contribution is 2.33. The van der Waals surface area contributed by atoms with Crippen LogP contribution < -0.4 is 9.62 Å². The number of nitrogens with one attached hydrogen (secondary N) is 1. The molecule has 1 heterocycles. The van der Waals surface area contributed by atoms with Crippen LogP contribution in [-0.4, -0.2) is 26.4 Å². The fraction of sp³-hybridized carbons (Fsp3) is 0.316. The second kappa shape index (κ2) is 5.97. The predicted octanol–water partition coefficient (Wildman–Crippen LogP) is 2.72. The lowest BCUT2D eigenvalue weighted by molar-refractivity contribution is 0.0981. The maximum atomic E-state index is 13.0. The summed E-state index contributed by atoms with van der Waals surface area (Å²) in [5.41, 5.74) is 2.44. The van der Waals surface area contributed by atoms with E-state index in [0.717, 1.165) is 30.5 Å². The van der Waals surface area contributed by atoms with Gasteiger partial charge in [-0.05, 0) is 56.0 Å². The highest BCUT2D eigenvalue weighted by Gasteiger charge is 2.32. The summed E-state index contributed by atoms with van der Waals surface area (Å²) in [6, 6.07) is 14.2. The van der Waals surface area contributed by atoms with Crippen molar-refractivity contribution in [1.29, 1.82) is 0 Å². The summed E-state index contributed by atoms with van der Waals surface area (Å²) in [4.78, 5) is 14.9. The third-order valence-corrected chi connectivity index (χ3v) is 6.23. The van der Waals surface area contributed by atoms with Crippen molar-refractivity contribution < 1.29 is 13.2 Å². The molecule has 1 unspecified atom stereocenters. The molecule has 0 spiro atoms. The molecule has 25 heavy (non-hydrogen) atoms. The molecule has 0 radical (unpaired) electrons. The number of para-hydroxylation sites is 1. The fourth-order valence-electron chi connectivity index (χ4n) is 3.30. The van der Waals surface area contributed by atoms with Crippen molar-refractivity contribution >= 4 is 21.6 Å². The average Bonchev–Trinajstić information content (AvgIpc) is 3.33. The maximum Gasteiger partial charge on any atom is 0.258 e. The first-order valence-electron chi connectivity index (χ1n) is 8.49. The van der Waals surface area contributed by atoms with E-state index >= 15 is 0 Å². The summed E-state index contributed by atoms with van der Waals surface area (Å²) in [5.74, 6) is -0.166.